The minimum Gasteiger partial charge on any atom is -0.334 e. The van der Waals surface area contributed by atoms with E-state index >= 15 is 0 Å². The second-order valence-electron chi connectivity index (χ2n) is 5.87. The number of hydrogen-bond acceptors (Lipinski definition) is 2. The van der Waals surface area contributed by atoms with Crippen molar-refractivity contribution in [1.82, 2.24) is 5.32 Å². The lowest BCUT2D eigenvalue weighted by molar-refractivity contribution is 0.244. The van der Waals surface area contributed by atoms with Crippen LogP contribution in [0.25, 0.3) is 0 Å². The SMILES string of the molecule is Cc1cc(C)cc(NC(=O)NC2CCC=CCCC2N)c1. The molecular weight excluding hydrogens is 262 g/mol. The van der Waals surface area contributed by atoms with Crippen LogP contribution in [0.1, 0.15) is 36.8 Å². The molecule has 0 heterocycles. The molecule has 0 saturated carbocycles. The summed E-state index contributed by atoms with van der Waals surface area (Å²) in [6.07, 6.45) is 8.08. The molecule has 0 radical (unpaired) electrons. The van der Waals surface area contributed by atoms with Crippen LogP contribution in [0.2, 0.25) is 0 Å². The van der Waals surface area contributed by atoms with Gasteiger partial charge in [-0.15, -0.1) is 0 Å². The molecule has 0 saturated heterocycles. The Bertz CT molecular complexity index is 505. The van der Waals surface area contributed by atoms with Crippen LogP contribution in [0.4, 0.5) is 10.5 Å². The number of urea groups is 1. The van der Waals surface area contributed by atoms with Gasteiger partial charge in [-0.3, -0.25) is 0 Å². The molecule has 4 heteroatoms. The zero-order valence-corrected chi connectivity index (χ0v) is 12.9. The van der Waals surface area contributed by atoms with Gasteiger partial charge in [0.25, 0.3) is 0 Å². The van der Waals surface area contributed by atoms with Crippen molar-refractivity contribution < 1.29 is 4.79 Å². The second kappa shape index (κ2) is 7.27. The smallest absolute Gasteiger partial charge is 0.319 e. The second-order valence-corrected chi connectivity index (χ2v) is 5.87. The van der Waals surface area contributed by atoms with Crippen LogP contribution < -0.4 is 16.4 Å². The molecule has 1 aliphatic carbocycles. The fourth-order valence-corrected chi connectivity index (χ4v) is 2.78. The van der Waals surface area contributed by atoms with Crippen molar-refractivity contribution in [3.05, 3.63) is 41.5 Å². The van der Waals surface area contributed by atoms with E-state index in [2.05, 4.69) is 28.9 Å². The van der Waals surface area contributed by atoms with Gasteiger partial charge in [0.1, 0.15) is 0 Å². The van der Waals surface area contributed by atoms with E-state index in [4.69, 9.17) is 5.73 Å². The highest BCUT2D eigenvalue weighted by Crippen LogP contribution is 2.15. The molecule has 4 nitrogen and oxygen atoms in total. The molecule has 0 bridgehead atoms. The first-order chi connectivity index (χ1) is 10.0. The summed E-state index contributed by atoms with van der Waals surface area (Å²) in [4.78, 5) is 12.2. The first-order valence-electron chi connectivity index (χ1n) is 7.61. The number of rotatable bonds is 2. The zero-order valence-electron chi connectivity index (χ0n) is 12.9. The molecular formula is C17H25N3O. The highest BCUT2D eigenvalue weighted by atomic mass is 16.2. The minimum atomic E-state index is -0.176. The molecule has 1 aliphatic rings. The van der Waals surface area contributed by atoms with Crippen molar-refractivity contribution >= 4 is 11.7 Å². The van der Waals surface area contributed by atoms with E-state index in [9.17, 15) is 4.79 Å². The highest BCUT2D eigenvalue weighted by Gasteiger charge is 2.20. The topological polar surface area (TPSA) is 67.2 Å². The van der Waals surface area contributed by atoms with Gasteiger partial charge in [-0.25, -0.2) is 4.79 Å². The van der Waals surface area contributed by atoms with Gasteiger partial charge < -0.3 is 16.4 Å². The number of nitrogens with one attached hydrogen (secondary N) is 2. The molecule has 114 valence electrons. The Morgan fingerprint density at radius 3 is 2.38 bits per heavy atom. The third-order valence-electron chi connectivity index (χ3n) is 3.79. The molecule has 2 amide bonds. The number of benzene rings is 1. The number of allylic oxidation sites excluding steroid dienone is 2. The molecule has 4 N–H and O–H groups in total. The fraction of sp³-hybridized carbons (Fsp3) is 0.471. The number of amides is 2. The predicted octanol–water partition coefficient (Wildman–Crippen LogP) is 3.25. The van der Waals surface area contributed by atoms with E-state index in [0.29, 0.717) is 0 Å². The lowest BCUT2D eigenvalue weighted by atomic mass is 9.96. The summed E-state index contributed by atoms with van der Waals surface area (Å²) in [5, 5.41) is 5.92. The Labute approximate surface area is 126 Å². The Kier molecular flexibility index (Phi) is 5.39. The summed E-state index contributed by atoms with van der Waals surface area (Å²) in [6.45, 7) is 4.04. The van der Waals surface area contributed by atoms with Crippen LogP contribution in [0.3, 0.4) is 0 Å². The molecule has 0 aliphatic heterocycles. The average molecular weight is 287 g/mol. The molecule has 1 aromatic carbocycles. The van der Waals surface area contributed by atoms with E-state index in [-0.39, 0.29) is 18.1 Å². The molecule has 0 spiro atoms. The summed E-state index contributed by atoms with van der Waals surface area (Å²) in [5.41, 5.74) is 9.26. The molecule has 2 atom stereocenters. The van der Waals surface area contributed by atoms with E-state index in [1.54, 1.807) is 0 Å². The van der Waals surface area contributed by atoms with E-state index < -0.39 is 0 Å². The standard InChI is InChI=1S/C17H25N3O/c1-12-9-13(2)11-14(10-12)19-17(21)20-16-8-6-4-3-5-7-15(16)18/h3-4,9-11,15-16H,5-8,18H2,1-2H3,(H2,19,20,21). The van der Waals surface area contributed by atoms with E-state index in [1.807, 2.05) is 26.0 Å². The number of carbonyl (C=O) groups excluding carboxylic acids is 1. The molecule has 0 fully saturated rings. The monoisotopic (exact) mass is 287 g/mol. The van der Waals surface area contributed by atoms with Gasteiger partial charge >= 0.3 is 6.03 Å². The molecule has 2 rings (SSSR count). The van der Waals surface area contributed by atoms with E-state index in [1.165, 1.54) is 0 Å². The minimum absolute atomic E-state index is 0.0138. The quantitative estimate of drug-likeness (QED) is 0.731. The van der Waals surface area contributed by atoms with Crippen LogP contribution in [0.5, 0.6) is 0 Å². The van der Waals surface area contributed by atoms with Crippen LogP contribution >= 0.6 is 0 Å². The fourth-order valence-electron chi connectivity index (χ4n) is 2.78. The number of nitrogens with two attached hydrogens (primary N) is 1. The van der Waals surface area contributed by atoms with Crippen LogP contribution in [-0.2, 0) is 0 Å². The van der Waals surface area contributed by atoms with Crippen LogP contribution in [-0.4, -0.2) is 18.1 Å². The van der Waals surface area contributed by atoms with Crippen LogP contribution in [0, 0.1) is 13.8 Å². The summed E-state index contributed by atoms with van der Waals surface area (Å²) in [5.74, 6) is 0. The highest BCUT2D eigenvalue weighted by molar-refractivity contribution is 5.89. The maximum absolute atomic E-state index is 12.2. The average Bonchev–Trinajstić information content (AvgIpc) is 2.37. The number of carbonyl (C=O) groups is 1. The summed E-state index contributed by atoms with van der Waals surface area (Å²) in [7, 11) is 0. The van der Waals surface area contributed by atoms with Gasteiger partial charge in [0.15, 0.2) is 0 Å². The third-order valence-corrected chi connectivity index (χ3v) is 3.79. The van der Waals surface area contributed by atoms with Crippen molar-refractivity contribution in [2.45, 2.75) is 51.6 Å². The van der Waals surface area contributed by atoms with Crippen molar-refractivity contribution in [3.8, 4) is 0 Å². The normalized spacial score (nSPS) is 22.2. The maximum atomic E-state index is 12.2. The molecule has 2 unspecified atom stereocenters. The first-order valence-corrected chi connectivity index (χ1v) is 7.61. The summed E-state index contributed by atoms with van der Waals surface area (Å²) < 4.78 is 0. The summed E-state index contributed by atoms with van der Waals surface area (Å²) in [6, 6.07) is 5.88. The van der Waals surface area contributed by atoms with Gasteiger partial charge in [-0.05, 0) is 62.8 Å². The Balaban J connectivity index is 1.95. The maximum Gasteiger partial charge on any atom is 0.319 e. The van der Waals surface area contributed by atoms with Crippen molar-refractivity contribution in [1.29, 1.82) is 0 Å². The lowest BCUT2D eigenvalue weighted by Gasteiger charge is -2.26. The largest absolute Gasteiger partial charge is 0.334 e. The molecule has 0 aromatic heterocycles. The van der Waals surface area contributed by atoms with Gasteiger partial charge in [-0.2, -0.15) is 0 Å². The molecule has 1 aromatic rings. The van der Waals surface area contributed by atoms with Gasteiger partial charge in [0.05, 0.1) is 0 Å². The Morgan fingerprint density at radius 2 is 1.71 bits per heavy atom. The Morgan fingerprint density at radius 1 is 1.10 bits per heavy atom. The van der Waals surface area contributed by atoms with Gasteiger partial charge in [-0.1, -0.05) is 18.2 Å². The molecule has 21 heavy (non-hydrogen) atoms. The van der Waals surface area contributed by atoms with Crippen molar-refractivity contribution in [2.24, 2.45) is 5.73 Å². The van der Waals surface area contributed by atoms with Crippen LogP contribution in [0.15, 0.2) is 30.4 Å². The Hall–Kier alpha value is -1.81. The van der Waals surface area contributed by atoms with Gasteiger partial charge in [0, 0.05) is 17.8 Å². The first kappa shape index (κ1) is 15.6. The zero-order chi connectivity index (χ0) is 15.2. The lowest BCUT2D eigenvalue weighted by Crippen LogP contribution is -2.49. The predicted molar refractivity (Wildman–Crippen MR) is 87.4 cm³/mol. The van der Waals surface area contributed by atoms with Crippen molar-refractivity contribution in [3.63, 3.8) is 0 Å². The number of anilines is 1. The third kappa shape index (κ3) is 4.90. The summed E-state index contributed by atoms with van der Waals surface area (Å²) >= 11 is 0. The number of hydrogen-bond donors (Lipinski definition) is 3. The van der Waals surface area contributed by atoms with Gasteiger partial charge in [0.2, 0.25) is 0 Å². The number of aryl methyl sites for hydroxylation is 2. The van der Waals surface area contributed by atoms with E-state index in [0.717, 1.165) is 42.5 Å². The van der Waals surface area contributed by atoms with Crippen molar-refractivity contribution in [2.75, 3.05) is 5.32 Å².